The van der Waals surface area contributed by atoms with Gasteiger partial charge in [-0.15, -0.1) is 0 Å². The van der Waals surface area contributed by atoms with Crippen LogP contribution in [0.2, 0.25) is 0 Å². The molecular weight excluding hydrogens is 226 g/mol. The quantitative estimate of drug-likeness (QED) is 0.767. The van der Waals surface area contributed by atoms with Gasteiger partial charge >= 0.3 is 0 Å². The highest BCUT2D eigenvalue weighted by Crippen LogP contribution is 2.53. The second-order valence-corrected chi connectivity index (χ2v) is 6.41. The molecule has 3 rings (SSSR count). The molecule has 0 radical (unpaired) electrons. The molecule has 0 N–H and O–H groups in total. The van der Waals surface area contributed by atoms with Crippen molar-refractivity contribution in [3.8, 4) is 6.07 Å². The van der Waals surface area contributed by atoms with Gasteiger partial charge in [-0.1, -0.05) is 12.8 Å². The third-order valence-electron chi connectivity index (χ3n) is 5.07. The average Bonchev–Trinajstić information content (AvgIpc) is 3.08. The first-order valence-electron chi connectivity index (χ1n) is 7.41. The van der Waals surface area contributed by atoms with E-state index in [1.165, 1.54) is 32.1 Å². The van der Waals surface area contributed by atoms with Crippen LogP contribution in [0.3, 0.4) is 0 Å². The summed E-state index contributed by atoms with van der Waals surface area (Å²) in [7, 11) is 0. The molecule has 3 nitrogen and oxygen atoms in total. The molecule has 1 heterocycles. The van der Waals surface area contributed by atoms with Crippen LogP contribution in [-0.2, 0) is 9.47 Å². The molecule has 0 atom stereocenters. The van der Waals surface area contributed by atoms with E-state index in [4.69, 9.17) is 14.7 Å². The van der Waals surface area contributed by atoms with Gasteiger partial charge in [0.2, 0.25) is 0 Å². The van der Waals surface area contributed by atoms with Gasteiger partial charge < -0.3 is 9.47 Å². The van der Waals surface area contributed by atoms with E-state index in [-0.39, 0.29) is 5.79 Å². The first kappa shape index (κ1) is 12.4. The molecule has 0 aromatic heterocycles. The summed E-state index contributed by atoms with van der Waals surface area (Å²) in [5.41, 5.74) is 0.414. The Balaban J connectivity index is 1.62. The average molecular weight is 249 g/mol. The molecule has 0 unspecified atom stereocenters. The highest BCUT2D eigenvalue weighted by Gasteiger charge is 2.47. The topological polar surface area (TPSA) is 42.2 Å². The summed E-state index contributed by atoms with van der Waals surface area (Å²) >= 11 is 0. The van der Waals surface area contributed by atoms with Crippen LogP contribution < -0.4 is 0 Å². The summed E-state index contributed by atoms with van der Waals surface area (Å²) in [5.74, 6) is 0.697. The zero-order valence-corrected chi connectivity index (χ0v) is 11.1. The van der Waals surface area contributed by atoms with Crippen LogP contribution in [0.25, 0.3) is 0 Å². The maximum atomic E-state index is 8.87. The van der Waals surface area contributed by atoms with Crippen molar-refractivity contribution >= 4 is 0 Å². The lowest BCUT2D eigenvalue weighted by Crippen LogP contribution is -2.40. The van der Waals surface area contributed by atoms with Crippen LogP contribution in [0.15, 0.2) is 0 Å². The second kappa shape index (κ2) is 4.83. The minimum Gasteiger partial charge on any atom is -0.348 e. The third kappa shape index (κ3) is 2.55. The van der Waals surface area contributed by atoms with Crippen LogP contribution in [0.1, 0.15) is 57.8 Å². The van der Waals surface area contributed by atoms with Crippen molar-refractivity contribution in [3.63, 3.8) is 0 Å². The molecule has 100 valence electrons. The van der Waals surface area contributed by atoms with E-state index in [0.717, 1.165) is 38.4 Å². The number of rotatable bonds is 4. The van der Waals surface area contributed by atoms with E-state index >= 15 is 0 Å². The summed E-state index contributed by atoms with van der Waals surface area (Å²) in [5, 5.41) is 8.87. The van der Waals surface area contributed by atoms with Gasteiger partial charge in [0.05, 0.1) is 19.3 Å². The third-order valence-corrected chi connectivity index (χ3v) is 5.07. The monoisotopic (exact) mass is 249 g/mol. The van der Waals surface area contributed by atoms with Gasteiger partial charge in [0.25, 0.3) is 0 Å². The smallest absolute Gasteiger partial charge is 0.168 e. The number of ether oxygens (including phenoxy) is 2. The zero-order valence-electron chi connectivity index (χ0n) is 11.1. The number of hydrogen-bond acceptors (Lipinski definition) is 3. The molecule has 2 aliphatic carbocycles. The lowest BCUT2D eigenvalue weighted by atomic mass is 9.66. The minimum atomic E-state index is -0.250. The predicted octanol–water partition coefficient (Wildman–Crippen LogP) is 3.39. The van der Waals surface area contributed by atoms with E-state index in [1.54, 1.807) is 0 Å². The van der Waals surface area contributed by atoms with Gasteiger partial charge in [0, 0.05) is 19.3 Å². The molecule has 3 fully saturated rings. The van der Waals surface area contributed by atoms with Crippen molar-refractivity contribution in [1.29, 1.82) is 5.26 Å². The molecule has 0 aromatic rings. The highest BCUT2D eigenvalue weighted by atomic mass is 16.7. The van der Waals surface area contributed by atoms with Crippen molar-refractivity contribution in [2.24, 2.45) is 11.3 Å². The fourth-order valence-electron chi connectivity index (χ4n) is 3.76. The van der Waals surface area contributed by atoms with Crippen molar-refractivity contribution in [1.82, 2.24) is 0 Å². The van der Waals surface area contributed by atoms with Crippen LogP contribution in [-0.4, -0.2) is 19.0 Å². The molecule has 0 amide bonds. The molecule has 3 heteroatoms. The molecule has 2 saturated carbocycles. The minimum absolute atomic E-state index is 0.250. The van der Waals surface area contributed by atoms with E-state index in [0.29, 0.717) is 11.8 Å². The SMILES string of the molecule is N#CCCC1(CC2CC2)CCC2(CC1)OCCO2. The van der Waals surface area contributed by atoms with E-state index < -0.39 is 0 Å². The van der Waals surface area contributed by atoms with Crippen LogP contribution in [0, 0.1) is 22.7 Å². The largest absolute Gasteiger partial charge is 0.348 e. The molecule has 18 heavy (non-hydrogen) atoms. The van der Waals surface area contributed by atoms with Crippen molar-refractivity contribution < 1.29 is 9.47 Å². The second-order valence-electron chi connectivity index (χ2n) is 6.41. The molecule has 0 aromatic carbocycles. The predicted molar refractivity (Wildman–Crippen MR) is 67.7 cm³/mol. The first-order valence-corrected chi connectivity index (χ1v) is 7.41. The van der Waals surface area contributed by atoms with Gasteiger partial charge in [-0.25, -0.2) is 0 Å². The van der Waals surface area contributed by atoms with Crippen molar-refractivity contribution in [2.75, 3.05) is 13.2 Å². The Morgan fingerprint density at radius 1 is 1.06 bits per heavy atom. The first-order chi connectivity index (χ1) is 8.76. The fourth-order valence-corrected chi connectivity index (χ4v) is 3.76. The maximum absolute atomic E-state index is 8.87. The summed E-state index contributed by atoms with van der Waals surface area (Å²) in [6.45, 7) is 1.52. The van der Waals surface area contributed by atoms with Crippen LogP contribution in [0.5, 0.6) is 0 Å². The van der Waals surface area contributed by atoms with Gasteiger partial charge in [-0.2, -0.15) is 5.26 Å². The van der Waals surface area contributed by atoms with Gasteiger partial charge in [0.1, 0.15) is 0 Å². The summed E-state index contributed by atoms with van der Waals surface area (Å²) in [6, 6.07) is 2.33. The molecule has 1 spiro atoms. The summed E-state index contributed by atoms with van der Waals surface area (Å²) < 4.78 is 11.6. The Bertz CT molecular complexity index is 327. The Morgan fingerprint density at radius 3 is 2.28 bits per heavy atom. The Hall–Kier alpha value is -0.590. The van der Waals surface area contributed by atoms with Gasteiger partial charge in [0.15, 0.2) is 5.79 Å². The van der Waals surface area contributed by atoms with E-state index in [1.807, 2.05) is 0 Å². The standard InChI is InChI=1S/C15H23NO2/c16-9-1-4-14(12-13-2-3-13)5-7-15(8-6-14)17-10-11-18-15/h13H,1-8,10-12H2. The Labute approximate surface area is 109 Å². The maximum Gasteiger partial charge on any atom is 0.168 e. The molecule has 3 aliphatic rings. The number of hydrogen-bond donors (Lipinski definition) is 0. The van der Waals surface area contributed by atoms with Crippen LogP contribution >= 0.6 is 0 Å². The molecule has 0 bridgehead atoms. The molecule has 1 aliphatic heterocycles. The lowest BCUT2D eigenvalue weighted by molar-refractivity contribution is -0.193. The molecule has 1 saturated heterocycles. The fraction of sp³-hybridized carbons (Fsp3) is 0.933. The molecular formula is C15H23NO2. The van der Waals surface area contributed by atoms with Gasteiger partial charge in [-0.05, 0) is 37.0 Å². The number of nitrogens with zero attached hydrogens (tertiary/aromatic N) is 1. The van der Waals surface area contributed by atoms with Crippen molar-refractivity contribution in [3.05, 3.63) is 0 Å². The zero-order chi connectivity index (χ0) is 12.5. The Morgan fingerprint density at radius 2 is 1.72 bits per heavy atom. The lowest BCUT2D eigenvalue weighted by Gasteiger charge is -2.44. The number of nitriles is 1. The summed E-state index contributed by atoms with van der Waals surface area (Å²) in [6.07, 6.45) is 10.4. The van der Waals surface area contributed by atoms with Crippen LogP contribution in [0.4, 0.5) is 0 Å². The Kier molecular flexibility index (Phi) is 3.34. The summed E-state index contributed by atoms with van der Waals surface area (Å²) in [4.78, 5) is 0. The van der Waals surface area contributed by atoms with E-state index in [2.05, 4.69) is 6.07 Å². The van der Waals surface area contributed by atoms with Crippen molar-refractivity contribution in [2.45, 2.75) is 63.6 Å². The normalized spacial score (nSPS) is 29.3. The van der Waals surface area contributed by atoms with Gasteiger partial charge in [-0.3, -0.25) is 0 Å². The van der Waals surface area contributed by atoms with E-state index in [9.17, 15) is 0 Å². The highest BCUT2D eigenvalue weighted by molar-refractivity contribution is 4.95.